The fourth-order valence-electron chi connectivity index (χ4n) is 1.06. The molecular formula is C9H23N3O2S. The zero-order chi connectivity index (χ0) is 11.7. The zero-order valence-corrected chi connectivity index (χ0v) is 10.7. The van der Waals surface area contributed by atoms with E-state index in [1.54, 1.807) is 7.05 Å². The molecule has 0 aliphatic carbocycles. The Morgan fingerprint density at radius 3 is 2.40 bits per heavy atom. The van der Waals surface area contributed by atoms with E-state index in [2.05, 4.69) is 10.0 Å². The fraction of sp³-hybridized carbons (Fsp3) is 1.00. The fourth-order valence-corrected chi connectivity index (χ4v) is 2.01. The summed E-state index contributed by atoms with van der Waals surface area (Å²) in [6.45, 7) is 6.56. The molecule has 0 aromatic carbocycles. The number of nitrogens with zero attached hydrogens (tertiary/aromatic N) is 1. The molecule has 0 rings (SSSR count). The van der Waals surface area contributed by atoms with Gasteiger partial charge in [0.2, 0.25) is 0 Å². The molecule has 0 spiro atoms. The molecule has 0 amide bonds. The number of nitrogens with one attached hydrogen (secondary N) is 2. The molecule has 5 nitrogen and oxygen atoms in total. The van der Waals surface area contributed by atoms with Crippen molar-refractivity contribution < 1.29 is 8.42 Å². The molecule has 0 unspecified atom stereocenters. The first-order chi connectivity index (χ1) is 7.04. The Bertz CT molecular complexity index is 242. The zero-order valence-electron chi connectivity index (χ0n) is 9.91. The number of likely N-dealkylation sites (N-methyl/N-ethyl adjacent to an activating group) is 1. The van der Waals surface area contributed by atoms with Crippen molar-refractivity contribution in [1.29, 1.82) is 0 Å². The van der Waals surface area contributed by atoms with Crippen LogP contribution in [-0.4, -0.2) is 45.9 Å². The lowest BCUT2D eigenvalue weighted by Gasteiger charge is -2.17. The highest BCUT2D eigenvalue weighted by Crippen LogP contribution is 1.97. The third kappa shape index (κ3) is 6.83. The summed E-state index contributed by atoms with van der Waals surface area (Å²) in [4.78, 5) is 0. The Balaban J connectivity index is 3.84. The molecule has 2 N–H and O–H groups in total. The minimum absolute atomic E-state index is 0.437. The Morgan fingerprint density at radius 2 is 1.87 bits per heavy atom. The molecule has 0 saturated carbocycles. The van der Waals surface area contributed by atoms with E-state index in [0.717, 1.165) is 19.4 Å². The van der Waals surface area contributed by atoms with Crippen LogP contribution in [0.5, 0.6) is 0 Å². The Labute approximate surface area is 93.4 Å². The first kappa shape index (κ1) is 14.8. The number of hydrogen-bond acceptors (Lipinski definition) is 3. The van der Waals surface area contributed by atoms with Gasteiger partial charge in [-0.2, -0.15) is 12.7 Å². The highest BCUT2D eigenvalue weighted by molar-refractivity contribution is 7.87. The minimum Gasteiger partial charge on any atom is -0.316 e. The lowest BCUT2D eigenvalue weighted by Crippen LogP contribution is -2.41. The minimum atomic E-state index is -3.27. The smallest absolute Gasteiger partial charge is 0.279 e. The van der Waals surface area contributed by atoms with Crippen LogP contribution in [0.3, 0.4) is 0 Å². The molecular weight excluding hydrogens is 214 g/mol. The monoisotopic (exact) mass is 237 g/mol. The van der Waals surface area contributed by atoms with Gasteiger partial charge in [0.05, 0.1) is 0 Å². The van der Waals surface area contributed by atoms with Crippen LogP contribution in [0.1, 0.15) is 26.7 Å². The summed E-state index contributed by atoms with van der Waals surface area (Å²) >= 11 is 0. The van der Waals surface area contributed by atoms with Gasteiger partial charge in [0.15, 0.2) is 0 Å². The molecule has 0 radical (unpaired) electrons. The summed E-state index contributed by atoms with van der Waals surface area (Å²) < 4.78 is 27.1. The second-order valence-electron chi connectivity index (χ2n) is 3.43. The van der Waals surface area contributed by atoms with E-state index < -0.39 is 10.2 Å². The Hall–Kier alpha value is -0.170. The third-order valence-corrected chi connectivity index (χ3v) is 3.65. The molecule has 0 aromatic rings. The van der Waals surface area contributed by atoms with E-state index in [0.29, 0.717) is 19.6 Å². The first-order valence-corrected chi connectivity index (χ1v) is 6.90. The van der Waals surface area contributed by atoms with Gasteiger partial charge in [-0.1, -0.05) is 20.3 Å². The molecule has 0 aromatic heterocycles. The summed E-state index contributed by atoms with van der Waals surface area (Å²) in [5.74, 6) is 0. The molecule has 0 heterocycles. The molecule has 0 saturated heterocycles. The summed E-state index contributed by atoms with van der Waals surface area (Å²) in [6, 6.07) is 0. The van der Waals surface area contributed by atoms with Crippen LogP contribution in [0.4, 0.5) is 0 Å². The van der Waals surface area contributed by atoms with Crippen LogP contribution >= 0.6 is 0 Å². The molecule has 0 aliphatic rings. The van der Waals surface area contributed by atoms with E-state index in [4.69, 9.17) is 0 Å². The van der Waals surface area contributed by atoms with Crippen molar-refractivity contribution in [2.24, 2.45) is 0 Å². The highest BCUT2D eigenvalue weighted by atomic mass is 32.2. The average Bonchev–Trinajstić information content (AvgIpc) is 2.21. The maximum Gasteiger partial charge on any atom is 0.279 e. The second-order valence-corrected chi connectivity index (χ2v) is 5.29. The lowest BCUT2D eigenvalue weighted by molar-refractivity contribution is 0.448. The van der Waals surface area contributed by atoms with Crippen LogP contribution in [0.2, 0.25) is 0 Å². The van der Waals surface area contributed by atoms with Crippen molar-refractivity contribution in [2.75, 3.05) is 33.2 Å². The number of hydrogen-bond donors (Lipinski definition) is 2. The van der Waals surface area contributed by atoms with Gasteiger partial charge in [-0.25, -0.2) is 4.72 Å². The van der Waals surface area contributed by atoms with Crippen molar-refractivity contribution in [3.63, 3.8) is 0 Å². The van der Waals surface area contributed by atoms with Crippen LogP contribution < -0.4 is 10.0 Å². The first-order valence-electron chi connectivity index (χ1n) is 5.46. The van der Waals surface area contributed by atoms with Crippen LogP contribution in [0.25, 0.3) is 0 Å². The van der Waals surface area contributed by atoms with Gasteiger partial charge in [-0.15, -0.1) is 0 Å². The van der Waals surface area contributed by atoms with Gasteiger partial charge >= 0.3 is 0 Å². The predicted octanol–water partition coefficient (Wildman–Crippen LogP) is 0.162. The normalized spacial score (nSPS) is 12.3. The van der Waals surface area contributed by atoms with Crippen molar-refractivity contribution in [3.8, 4) is 0 Å². The van der Waals surface area contributed by atoms with E-state index in [1.165, 1.54) is 4.31 Å². The molecule has 6 heteroatoms. The van der Waals surface area contributed by atoms with Crippen molar-refractivity contribution in [2.45, 2.75) is 26.7 Å². The molecule has 0 bridgehead atoms. The Kier molecular flexibility index (Phi) is 7.95. The molecule has 92 valence electrons. The maximum absolute atomic E-state index is 11.6. The standard InChI is InChI=1S/C9H23N3O2S/c1-4-6-9-12(3)15(13,14)11-8-7-10-5-2/h10-11H,4-9H2,1-3H3. The molecule has 15 heavy (non-hydrogen) atoms. The average molecular weight is 237 g/mol. The van der Waals surface area contributed by atoms with E-state index >= 15 is 0 Å². The SMILES string of the molecule is CCCCN(C)S(=O)(=O)NCCNCC. The van der Waals surface area contributed by atoms with E-state index in [9.17, 15) is 8.42 Å². The quantitative estimate of drug-likeness (QED) is 0.562. The van der Waals surface area contributed by atoms with Crippen LogP contribution in [0.15, 0.2) is 0 Å². The highest BCUT2D eigenvalue weighted by Gasteiger charge is 2.15. The number of unbranched alkanes of at least 4 members (excludes halogenated alkanes) is 1. The third-order valence-electron chi connectivity index (χ3n) is 2.07. The lowest BCUT2D eigenvalue weighted by atomic mass is 10.3. The Morgan fingerprint density at radius 1 is 1.20 bits per heavy atom. The molecule has 0 fully saturated rings. The predicted molar refractivity (Wildman–Crippen MR) is 63.0 cm³/mol. The molecule has 0 atom stereocenters. The summed E-state index contributed by atoms with van der Waals surface area (Å²) in [5.41, 5.74) is 0. The van der Waals surface area contributed by atoms with Crippen LogP contribution in [0, 0.1) is 0 Å². The van der Waals surface area contributed by atoms with Crippen LogP contribution in [-0.2, 0) is 10.2 Å². The number of rotatable bonds is 9. The summed E-state index contributed by atoms with van der Waals surface area (Å²) in [7, 11) is -1.67. The largest absolute Gasteiger partial charge is 0.316 e. The van der Waals surface area contributed by atoms with Gasteiger partial charge in [-0.05, 0) is 13.0 Å². The van der Waals surface area contributed by atoms with Gasteiger partial charge in [-0.3, -0.25) is 0 Å². The topological polar surface area (TPSA) is 61.4 Å². The van der Waals surface area contributed by atoms with Crippen molar-refractivity contribution >= 4 is 10.2 Å². The van der Waals surface area contributed by atoms with Gasteiger partial charge in [0, 0.05) is 26.7 Å². The second kappa shape index (κ2) is 8.04. The van der Waals surface area contributed by atoms with Gasteiger partial charge in [0.1, 0.15) is 0 Å². The molecule has 0 aliphatic heterocycles. The van der Waals surface area contributed by atoms with Crippen molar-refractivity contribution in [1.82, 2.24) is 14.3 Å². The van der Waals surface area contributed by atoms with E-state index in [-0.39, 0.29) is 0 Å². The van der Waals surface area contributed by atoms with Gasteiger partial charge < -0.3 is 5.32 Å². The summed E-state index contributed by atoms with van der Waals surface area (Å²) in [5, 5.41) is 3.06. The maximum atomic E-state index is 11.6. The summed E-state index contributed by atoms with van der Waals surface area (Å²) in [6.07, 6.45) is 1.89. The van der Waals surface area contributed by atoms with Crippen molar-refractivity contribution in [3.05, 3.63) is 0 Å². The van der Waals surface area contributed by atoms with Gasteiger partial charge in [0.25, 0.3) is 10.2 Å². The van der Waals surface area contributed by atoms with E-state index in [1.807, 2.05) is 13.8 Å².